The second-order valence-corrected chi connectivity index (χ2v) is 4.66. The smallest absolute Gasteiger partial charge is 0.307 e. The Hall–Kier alpha value is -1.10. The summed E-state index contributed by atoms with van der Waals surface area (Å²) in [6.07, 6.45) is 1.63. The van der Waals surface area contributed by atoms with Crippen molar-refractivity contribution in [3.05, 3.63) is 0 Å². The van der Waals surface area contributed by atoms with Gasteiger partial charge in [0.25, 0.3) is 0 Å². The third-order valence-corrected chi connectivity index (χ3v) is 3.31. The topological polar surface area (TPSA) is 86.6 Å². The molecule has 0 aliphatic heterocycles. The van der Waals surface area contributed by atoms with E-state index in [-0.39, 0.29) is 18.4 Å². The molecule has 0 aromatic rings. The van der Waals surface area contributed by atoms with Crippen LogP contribution in [-0.2, 0) is 9.59 Å². The van der Waals surface area contributed by atoms with Crippen LogP contribution in [0.3, 0.4) is 0 Å². The average Bonchev–Trinajstić information content (AvgIpc) is 2.97. The number of aliphatic hydroxyl groups excluding tert-OH is 1. The lowest BCUT2D eigenvalue weighted by Gasteiger charge is -2.29. The molecule has 1 aliphatic carbocycles. The van der Waals surface area contributed by atoms with E-state index in [1.165, 1.54) is 0 Å². The molecule has 92 valence electrons. The van der Waals surface area contributed by atoms with Crippen LogP contribution in [0.1, 0.15) is 33.1 Å². The van der Waals surface area contributed by atoms with Crippen molar-refractivity contribution in [3.63, 3.8) is 0 Å². The molecule has 0 aromatic carbocycles. The molecule has 1 fully saturated rings. The summed E-state index contributed by atoms with van der Waals surface area (Å²) in [4.78, 5) is 22.3. The third kappa shape index (κ3) is 2.95. The van der Waals surface area contributed by atoms with Crippen molar-refractivity contribution in [1.29, 1.82) is 0 Å². The van der Waals surface area contributed by atoms with Crippen molar-refractivity contribution in [2.45, 2.75) is 38.6 Å². The summed E-state index contributed by atoms with van der Waals surface area (Å²) in [5.41, 5.74) is -0.433. The Morgan fingerprint density at radius 1 is 1.44 bits per heavy atom. The molecule has 0 spiro atoms. The minimum atomic E-state index is -0.902. The van der Waals surface area contributed by atoms with Crippen LogP contribution in [0.15, 0.2) is 0 Å². The maximum absolute atomic E-state index is 11.7. The molecular formula is C11H19NO4. The van der Waals surface area contributed by atoms with Crippen LogP contribution in [0.25, 0.3) is 0 Å². The molecule has 5 nitrogen and oxygen atoms in total. The first-order chi connectivity index (χ1) is 7.43. The van der Waals surface area contributed by atoms with Crippen molar-refractivity contribution in [1.82, 2.24) is 5.32 Å². The van der Waals surface area contributed by atoms with E-state index >= 15 is 0 Å². The maximum atomic E-state index is 11.7. The summed E-state index contributed by atoms with van der Waals surface area (Å²) in [6, 6.07) is 0. The zero-order chi connectivity index (χ0) is 12.3. The van der Waals surface area contributed by atoms with Gasteiger partial charge in [-0.15, -0.1) is 0 Å². The lowest BCUT2D eigenvalue weighted by atomic mass is 9.94. The predicted molar refractivity (Wildman–Crippen MR) is 57.8 cm³/mol. The molecule has 1 saturated carbocycles. The van der Waals surface area contributed by atoms with Crippen molar-refractivity contribution in [2.24, 2.45) is 11.8 Å². The Morgan fingerprint density at radius 3 is 2.44 bits per heavy atom. The number of hydrogen-bond donors (Lipinski definition) is 3. The number of carbonyl (C=O) groups excluding carboxylic acids is 1. The van der Waals surface area contributed by atoms with E-state index in [2.05, 4.69) is 5.32 Å². The quantitative estimate of drug-likeness (QED) is 0.614. The van der Waals surface area contributed by atoms with E-state index in [0.717, 1.165) is 0 Å². The second-order valence-electron chi connectivity index (χ2n) is 4.66. The van der Waals surface area contributed by atoms with Crippen LogP contribution in [0.4, 0.5) is 0 Å². The van der Waals surface area contributed by atoms with Crippen LogP contribution < -0.4 is 5.32 Å². The fourth-order valence-corrected chi connectivity index (χ4v) is 1.72. The van der Waals surface area contributed by atoms with Crippen LogP contribution >= 0.6 is 0 Å². The first-order valence-corrected chi connectivity index (χ1v) is 5.59. The third-order valence-electron chi connectivity index (χ3n) is 3.31. The predicted octanol–water partition coefficient (Wildman–Crippen LogP) is 0.374. The standard InChI is InChI=1S/C11H19NO4/c1-3-11(2,4-5-13)12-9(14)7-6-8(7)10(15)16/h7-8,13H,3-6H2,1-2H3,(H,12,14)(H,15,16)/t7-,8+,11?/m1/s1. The highest BCUT2D eigenvalue weighted by molar-refractivity contribution is 5.89. The number of nitrogens with one attached hydrogen (secondary N) is 1. The zero-order valence-electron chi connectivity index (χ0n) is 9.69. The summed E-state index contributed by atoms with van der Waals surface area (Å²) in [7, 11) is 0. The highest BCUT2D eigenvalue weighted by Gasteiger charge is 2.49. The first kappa shape index (κ1) is 13.0. The SMILES string of the molecule is CCC(C)(CCO)NC(=O)[C@@H]1C[C@@H]1C(=O)O. The molecule has 0 radical (unpaired) electrons. The number of carboxylic acids is 1. The molecule has 3 atom stereocenters. The monoisotopic (exact) mass is 229 g/mol. The lowest BCUT2D eigenvalue weighted by molar-refractivity contribution is -0.140. The van der Waals surface area contributed by atoms with E-state index in [1.807, 2.05) is 13.8 Å². The van der Waals surface area contributed by atoms with Gasteiger partial charge < -0.3 is 15.5 Å². The van der Waals surface area contributed by atoms with Gasteiger partial charge in [0.15, 0.2) is 0 Å². The van der Waals surface area contributed by atoms with Gasteiger partial charge in [0.2, 0.25) is 5.91 Å². The Bertz CT molecular complexity index is 292. The van der Waals surface area contributed by atoms with Gasteiger partial charge in [-0.05, 0) is 26.2 Å². The normalized spacial score (nSPS) is 26.9. The summed E-state index contributed by atoms with van der Waals surface area (Å²) >= 11 is 0. The van der Waals surface area contributed by atoms with Gasteiger partial charge in [0.1, 0.15) is 0 Å². The Morgan fingerprint density at radius 2 is 2.06 bits per heavy atom. The highest BCUT2D eigenvalue weighted by Crippen LogP contribution is 2.39. The van der Waals surface area contributed by atoms with Gasteiger partial charge in [-0.2, -0.15) is 0 Å². The number of carbonyl (C=O) groups is 2. The summed E-state index contributed by atoms with van der Waals surface area (Å²) < 4.78 is 0. The molecule has 0 bridgehead atoms. The number of aliphatic hydroxyl groups is 1. The molecule has 1 amide bonds. The minimum absolute atomic E-state index is 0.0116. The molecule has 0 saturated heterocycles. The average molecular weight is 229 g/mol. The van der Waals surface area contributed by atoms with Crippen molar-refractivity contribution < 1.29 is 19.8 Å². The minimum Gasteiger partial charge on any atom is -0.481 e. The summed E-state index contributed by atoms with van der Waals surface area (Å²) in [5.74, 6) is -2.01. The molecule has 1 aliphatic rings. The van der Waals surface area contributed by atoms with E-state index in [1.54, 1.807) is 0 Å². The fourth-order valence-electron chi connectivity index (χ4n) is 1.72. The van der Waals surface area contributed by atoms with Gasteiger partial charge in [-0.25, -0.2) is 0 Å². The van der Waals surface area contributed by atoms with E-state index in [0.29, 0.717) is 19.3 Å². The molecule has 0 heterocycles. The Balaban J connectivity index is 2.48. The molecule has 1 rings (SSSR count). The van der Waals surface area contributed by atoms with E-state index in [4.69, 9.17) is 10.2 Å². The summed E-state index contributed by atoms with van der Waals surface area (Å²) in [6.45, 7) is 3.80. The molecule has 16 heavy (non-hydrogen) atoms. The number of aliphatic carboxylic acids is 1. The van der Waals surface area contributed by atoms with Crippen LogP contribution in [0.2, 0.25) is 0 Å². The second kappa shape index (κ2) is 4.82. The lowest BCUT2D eigenvalue weighted by Crippen LogP contribution is -2.47. The molecule has 3 N–H and O–H groups in total. The Labute approximate surface area is 94.8 Å². The van der Waals surface area contributed by atoms with Gasteiger partial charge in [0, 0.05) is 12.1 Å². The number of rotatable bonds is 6. The van der Waals surface area contributed by atoms with Crippen LogP contribution in [0.5, 0.6) is 0 Å². The molecular weight excluding hydrogens is 210 g/mol. The van der Waals surface area contributed by atoms with Gasteiger partial charge in [0.05, 0.1) is 11.8 Å². The highest BCUT2D eigenvalue weighted by atomic mass is 16.4. The van der Waals surface area contributed by atoms with Crippen molar-refractivity contribution in [2.75, 3.05) is 6.61 Å². The Kier molecular flexibility index (Phi) is 3.91. The largest absolute Gasteiger partial charge is 0.481 e. The van der Waals surface area contributed by atoms with Gasteiger partial charge in [-0.1, -0.05) is 6.92 Å². The fraction of sp³-hybridized carbons (Fsp3) is 0.818. The van der Waals surface area contributed by atoms with Gasteiger partial charge >= 0.3 is 5.97 Å². The van der Waals surface area contributed by atoms with Gasteiger partial charge in [-0.3, -0.25) is 9.59 Å². The van der Waals surface area contributed by atoms with Crippen LogP contribution in [0, 0.1) is 11.8 Å². The summed E-state index contributed by atoms with van der Waals surface area (Å²) in [5, 5.41) is 20.4. The van der Waals surface area contributed by atoms with Crippen molar-refractivity contribution in [3.8, 4) is 0 Å². The number of hydrogen-bond acceptors (Lipinski definition) is 3. The van der Waals surface area contributed by atoms with Crippen LogP contribution in [-0.4, -0.2) is 34.2 Å². The van der Waals surface area contributed by atoms with E-state index in [9.17, 15) is 9.59 Å². The zero-order valence-corrected chi connectivity index (χ0v) is 9.69. The first-order valence-electron chi connectivity index (χ1n) is 5.59. The maximum Gasteiger partial charge on any atom is 0.307 e. The van der Waals surface area contributed by atoms with E-state index < -0.39 is 17.4 Å². The number of carboxylic acid groups (broad SMARTS) is 1. The molecule has 1 unspecified atom stereocenters. The number of amides is 1. The van der Waals surface area contributed by atoms with Crippen molar-refractivity contribution >= 4 is 11.9 Å². The molecule has 5 heteroatoms. The molecule has 0 aromatic heterocycles.